The molecule has 1 aliphatic heterocycles. The minimum absolute atomic E-state index is 0.0704. The second-order valence-corrected chi connectivity index (χ2v) is 8.71. The van der Waals surface area contributed by atoms with Gasteiger partial charge in [-0.2, -0.15) is 0 Å². The number of likely N-dealkylation sites (tertiary alicyclic amines) is 1. The summed E-state index contributed by atoms with van der Waals surface area (Å²) in [5, 5.41) is 2.94. The fourth-order valence-corrected chi connectivity index (χ4v) is 3.40. The van der Waals surface area contributed by atoms with Gasteiger partial charge in [-0.05, 0) is 70.6 Å². The van der Waals surface area contributed by atoms with E-state index in [0.717, 1.165) is 56.5 Å². The number of nitrogens with zero attached hydrogens (tertiary/aromatic N) is 2. The first-order valence-electron chi connectivity index (χ1n) is 10.6. The highest BCUT2D eigenvalue weighted by atomic mass is 16.6. The molecule has 1 aliphatic rings. The van der Waals surface area contributed by atoms with Crippen LogP contribution in [0.5, 0.6) is 0 Å². The van der Waals surface area contributed by atoms with Gasteiger partial charge in [-0.15, -0.1) is 0 Å². The zero-order valence-corrected chi connectivity index (χ0v) is 18.2. The van der Waals surface area contributed by atoms with Crippen LogP contribution in [0.15, 0.2) is 24.4 Å². The number of carbonyl (C=O) groups is 2. The van der Waals surface area contributed by atoms with Gasteiger partial charge in [0.15, 0.2) is 0 Å². The van der Waals surface area contributed by atoms with E-state index in [0.29, 0.717) is 12.5 Å². The highest BCUT2D eigenvalue weighted by molar-refractivity contribution is 5.91. The second-order valence-electron chi connectivity index (χ2n) is 8.71. The van der Waals surface area contributed by atoms with Crippen molar-refractivity contribution < 1.29 is 14.3 Å². The van der Waals surface area contributed by atoms with Crippen molar-refractivity contribution in [3.8, 4) is 0 Å². The predicted molar refractivity (Wildman–Crippen MR) is 115 cm³/mol. The molecular weight excluding hydrogens is 366 g/mol. The van der Waals surface area contributed by atoms with E-state index >= 15 is 0 Å². The molecule has 1 aromatic rings. The Kier molecular flexibility index (Phi) is 8.68. The van der Waals surface area contributed by atoms with E-state index < -0.39 is 5.60 Å². The summed E-state index contributed by atoms with van der Waals surface area (Å²) in [4.78, 5) is 30.0. The molecule has 0 saturated carbocycles. The van der Waals surface area contributed by atoms with Gasteiger partial charge in [-0.1, -0.05) is 18.9 Å². The fraction of sp³-hybridized carbons (Fsp3) is 0.609. The van der Waals surface area contributed by atoms with E-state index in [4.69, 9.17) is 4.74 Å². The Morgan fingerprint density at radius 3 is 2.66 bits per heavy atom. The van der Waals surface area contributed by atoms with Crippen LogP contribution in [0.3, 0.4) is 0 Å². The van der Waals surface area contributed by atoms with Gasteiger partial charge in [-0.3, -0.25) is 9.78 Å². The minimum Gasteiger partial charge on any atom is -0.444 e. The van der Waals surface area contributed by atoms with E-state index in [2.05, 4.69) is 10.3 Å². The molecule has 0 bridgehead atoms. The average Bonchev–Trinajstić information content (AvgIpc) is 2.66. The van der Waals surface area contributed by atoms with Crippen LogP contribution in [0.25, 0.3) is 6.08 Å². The molecule has 0 unspecified atom stereocenters. The number of amides is 2. The molecule has 0 aliphatic carbocycles. The van der Waals surface area contributed by atoms with Crippen molar-refractivity contribution >= 4 is 18.1 Å². The smallest absolute Gasteiger partial charge is 0.410 e. The van der Waals surface area contributed by atoms with Crippen LogP contribution in [0.4, 0.5) is 4.79 Å². The lowest BCUT2D eigenvalue weighted by Gasteiger charge is -2.33. The number of rotatable bonds is 7. The van der Waals surface area contributed by atoms with E-state index in [1.165, 1.54) is 0 Å². The van der Waals surface area contributed by atoms with E-state index in [9.17, 15) is 9.59 Å². The molecule has 2 amide bonds. The van der Waals surface area contributed by atoms with Gasteiger partial charge in [0, 0.05) is 37.6 Å². The highest BCUT2D eigenvalue weighted by Crippen LogP contribution is 2.23. The molecule has 2 rings (SSSR count). The number of hydrogen-bond donors (Lipinski definition) is 1. The molecule has 6 nitrogen and oxygen atoms in total. The molecule has 1 N–H and O–H groups in total. The summed E-state index contributed by atoms with van der Waals surface area (Å²) in [7, 11) is 0. The van der Waals surface area contributed by atoms with Crippen LogP contribution in [-0.2, 0) is 9.53 Å². The summed E-state index contributed by atoms with van der Waals surface area (Å²) in [5.41, 5.74) is 1.43. The van der Waals surface area contributed by atoms with E-state index in [-0.39, 0.29) is 12.0 Å². The number of unbranched alkanes of at least 4 members (excludes halogenated alkanes) is 1. The normalized spacial score (nSPS) is 15.5. The van der Waals surface area contributed by atoms with E-state index in [1.807, 2.05) is 44.7 Å². The maximum atomic E-state index is 12.1. The number of ether oxygens (including phenoxy) is 1. The molecule has 0 atom stereocenters. The molecule has 29 heavy (non-hydrogen) atoms. The molecule has 1 aromatic heterocycles. The van der Waals surface area contributed by atoms with Crippen molar-refractivity contribution in [1.29, 1.82) is 0 Å². The largest absolute Gasteiger partial charge is 0.444 e. The van der Waals surface area contributed by atoms with Crippen LogP contribution in [0, 0.1) is 12.8 Å². The molecule has 0 radical (unpaired) electrons. The predicted octanol–water partition coefficient (Wildman–Crippen LogP) is 4.34. The van der Waals surface area contributed by atoms with Crippen molar-refractivity contribution in [3.05, 3.63) is 35.7 Å². The Bertz CT molecular complexity index is 702. The summed E-state index contributed by atoms with van der Waals surface area (Å²) in [5.74, 6) is 0.580. The first kappa shape index (κ1) is 22.9. The summed E-state index contributed by atoms with van der Waals surface area (Å²) >= 11 is 0. The third-order valence-corrected chi connectivity index (χ3v) is 5.07. The number of aryl methyl sites for hydroxylation is 1. The zero-order valence-electron chi connectivity index (χ0n) is 18.2. The van der Waals surface area contributed by atoms with Crippen molar-refractivity contribution in [2.24, 2.45) is 5.92 Å². The maximum Gasteiger partial charge on any atom is 0.410 e. The highest BCUT2D eigenvalue weighted by Gasteiger charge is 2.26. The van der Waals surface area contributed by atoms with Gasteiger partial charge in [-0.25, -0.2) is 4.79 Å². The van der Waals surface area contributed by atoms with Gasteiger partial charge >= 0.3 is 6.09 Å². The number of pyridine rings is 1. The Labute approximate surface area is 174 Å². The molecule has 0 aromatic carbocycles. The minimum atomic E-state index is -0.440. The van der Waals surface area contributed by atoms with Crippen molar-refractivity contribution in [1.82, 2.24) is 15.2 Å². The number of hydrogen-bond acceptors (Lipinski definition) is 4. The number of piperidine rings is 1. The van der Waals surface area contributed by atoms with Gasteiger partial charge in [0.1, 0.15) is 5.60 Å². The molecule has 0 spiro atoms. The van der Waals surface area contributed by atoms with E-state index in [1.54, 1.807) is 18.3 Å². The molecule has 1 fully saturated rings. The quantitative estimate of drug-likeness (QED) is 0.545. The molecule has 6 heteroatoms. The van der Waals surface area contributed by atoms with Crippen LogP contribution >= 0.6 is 0 Å². The van der Waals surface area contributed by atoms with Crippen LogP contribution in [0.1, 0.15) is 64.1 Å². The molecular formula is C23H35N3O3. The first-order chi connectivity index (χ1) is 13.7. The second kappa shape index (κ2) is 11.0. The lowest BCUT2D eigenvalue weighted by Crippen LogP contribution is -2.41. The Morgan fingerprint density at radius 2 is 2.00 bits per heavy atom. The van der Waals surface area contributed by atoms with Crippen LogP contribution in [-0.4, -0.2) is 47.1 Å². The SMILES string of the molecule is Cc1ncccc1/C=C/C(=O)NCCCCC1CCN(C(=O)OC(C)(C)C)CC1. The topological polar surface area (TPSA) is 71.5 Å². The average molecular weight is 402 g/mol. The van der Waals surface area contributed by atoms with Crippen molar-refractivity contribution in [2.75, 3.05) is 19.6 Å². The monoisotopic (exact) mass is 401 g/mol. The fourth-order valence-electron chi connectivity index (χ4n) is 3.40. The van der Waals surface area contributed by atoms with Gasteiger partial charge in [0.2, 0.25) is 5.91 Å². The Hall–Kier alpha value is -2.37. The number of nitrogens with one attached hydrogen (secondary N) is 1. The third kappa shape index (κ3) is 8.67. The van der Waals surface area contributed by atoms with Crippen LogP contribution in [0.2, 0.25) is 0 Å². The number of aromatic nitrogens is 1. The summed E-state index contributed by atoms with van der Waals surface area (Å²) < 4.78 is 5.44. The first-order valence-corrected chi connectivity index (χ1v) is 10.6. The summed E-state index contributed by atoms with van der Waals surface area (Å²) in [6, 6.07) is 3.81. The Balaban J connectivity index is 1.57. The third-order valence-electron chi connectivity index (χ3n) is 5.07. The summed E-state index contributed by atoms with van der Waals surface area (Å²) in [6.45, 7) is 9.84. The number of carbonyl (C=O) groups excluding carboxylic acids is 2. The standard InChI is InChI=1S/C23H35N3O3/c1-18-20(9-7-15-24-18)10-11-21(27)25-14-6-5-8-19-12-16-26(17-13-19)22(28)29-23(2,3)4/h7,9-11,15,19H,5-6,8,12-14,16-17H2,1-4H3,(H,25,27)/b11-10+. The maximum absolute atomic E-state index is 12.1. The van der Waals surface area contributed by atoms with Gasteiger partial charge < -0.3 is 15.0 Å². The lowest BCUT2D eigenvalue weighted by atomic mass is 9.92. The Morgan fingerprint density at radius 1 is 1.28 bits per heavy atom. The summed E-state index contributed by atoms with van der Waals surface area (Å²) in [6.07, 6.45) is 10.2. The van der Waals surface area contributed by atoms with Crippen LogP contribution < -0.4 is 5.32 Å². The molecule has 2 heterocycles. The molecule has 1 saturated heterocycles. The lowest BCUT2D eigenvalue weighted by molar-refractivity contribution is -0.116. The molecule has 160 valence electrons. The van der Waals surface area contributed by atoms with Gasteiger partial charge in [0.25, 0.3) is 0 Å². The zero-order chi connectivity index (χ0) is 21.3. The van der Waals surface area contributed by atoms with Crippen molar-refractivity contribution in [3.63, 3.8) is 0 Å². The van der Waals surface area contributed by atoms with Crippen molar-refractivity contribution in [2.45, 2.75) is 65.4 Å². The van der Waals surface area contributed by atoms with Gasteiger partial charge in [0.05, 0.1) is 0 Å².